The lowest BCUT2D eigenvalue weighted by molar-refractivity contribution is -0.133. The first-order chi connectivity index (χ1) is 19.9. The van der Waals surface area contributed by atoms with Crippen molar-refractivity contribution in [1.82, 2.24) is 30.2 Å². The third-order valence-corrected chi connectivity index (χ3v) is 6.85. The molecule has 2 amide bonds. The van der Waals surface area contributed by atoms with Crippen molar-refractivity contribution in [3.63, 3.8) is 0 Å². The van der Waals surface area contributed by atoms with Crippen LogP contribution in [-0.2, 0) is 16.0 Å². The molecule has 0 atom stereocenters. The molecule has 1 aliphatic heterocycles. The van der Waals surface area contributed by atoms with E-state index in [2.05, 4.69) is 15.5 Å². The Bertz CT molecular complexity index is 1360. The summed E-state index contributed by atoms with van der Waals surface area (Å²) in [4.78, 5) is 43.3. The van der Waals surface area contributed by atoms with Gasteiger partial charge in [0.05, 0.1) is 36.4 Å². The van der Waals surface area contributed by atoms with Gasteiger partial charge < -0.3 is 19.9 Å². The smallest absolute Gasteiger partial charge is 0.272 e. The first-order valence-corrected chi connectivity index (χ1v) is 14.1. The molecule has 3 aromatic rings. The molecule has 10 nitrogen and oxygen atoms in total. The first-order valence-electron chi connectivity index (χ1n) is 14.1. The number of fused-ring (bicyclic) bond motifs is 1. The van der Waals surface area contributed by atoms with Gasteiger partial charge in [0.15, 0.2) is 0 Å². The average Bonchev–Trinajstić information content (AvgIpc) is 3.00. The van der Waals surface area contributed by atoms with Gasteiger partial charge in [0, 0.05) is 51.1 Å². The van der Waals surface area contributed by atoms with Crippen molar-refractivity contribution < 1.29 is 18.7 Å². The molecule has 11 heteroatoms. The van der Waals surface area contributed by atoms with E-state index in [1.54, 1.807) is 34.1 Å². The highest BCUT2D eigenvalue weighted by Crippen LogP contribution is 2.20. The highest BCUT2D eigenvalue weighted by molar-refractivity contribution is 5.95. The zero-order chi connectivity index (χ0) is 29.8. The molecule has 0 unspecified atom stereocenters. The number of aromatic nitrogens is 2. The van der Waals surface area contributed by atoms with E-state index in [1.807, 2.05) is 45.0 Å². The Labute approximate surface area is 240 Å². The first kappa shape index (κ1) is 31.9. The fraction of sp³-hybridized carbons (Fsp3) is 0.467. The number of ether oxygens (including phenoxy) is 1. The van der Waals surface area contributed by atoms with Gasteiger partial charge >= 0.3 is 0 Å². The number of aromatic amines is 1. The number of halogens is 1. The van der Waals surface area contributed by atoms with Crippen LogP contribution < -0.4 is 10.9 Å². The minimum absolute atomic E-state index is 0.00590. The highest BCUT2D eigenvalue weighted by atomic mass is 19.1. The maximum Gasteiger partial charge on any atom is 0.272 e. The van der Waals surface area contributed by atoms with Gasteiger partial charge in [0.1, 0.15) is 5.82 Å². The molecule has 0 radical (unpaired) electrons. The topological polar surface area (TPSA) is 111 Å². The Kier molecular flexibility index (Phi) is 12.4. The summed E-state index contributed by atoms with van der Waals surface area (Å²) in [7, 11) is 3.74. The molecule has 0 spiro atoms. The van der Waals surface area contributed by atoms with Crippen LogP contribution in [0.5, 0.6) is 0 Å². The molecule has 1 fully saturated rings. The Morgan fingerprint density at radius 1 is 1.05 bits per heavy atom. The summed E-state index contributed by atoms with van der Waals surface area (Å²) in [6, 6.07) is 11.6. The van der Waals surface area contributed by atoms with E-state index in [4.69, 9.17) is 4.74 Å². The summed E-state index contributed by atoms with van der Waals surface area (Å²) in [5, 5.41) is 10.9. The number of carbonyl (C=O) groups is 2. The highest BCUT2D eigenvalue weighted by Gasteiger charge is 2.27. The Balaban J connectivity index is 0.00000226. The number of amides is 2. The van der Waals surface area contributed by atoms with Crippen molar-refractivity contribution in [1.29, 1.82) is 0 Å². The van der Waals surface area contributed by atoms with Crippen LogP contribution in [-0.4, -0.2) is 110 Å². The number of likely N-dealkylation sites (N-methyl/N-ethyl adjacent to an activating group) is 2. The van der Waals surface area contributed by atoms with E-state index in [9.17, 15) is 18.8 Å². The van der Waals surface area contributed by atoms with Gasteiger partial charge in [-0.05, 0) is 37.9 Å². The standard InChI is InChI=1S/C28H35FN6O4.C2H6/c1-30-9-15-39-16-14-33(2)19-26(36)34-10-12-35(13-11-34)28(38)23-17-20(7-8-24(23)29)18-25-21-5-3-4-6-22(21)27(37)32-31-25;1-2/h3-8,17,30H,9-16,18-19H2,1-2H3,(H,32,37);1-2H3. The predicted octanol–water partition coefficient (Wildman–Crippen LogP) is 2.13. The zero-order valence-corrected chi connectivity index (χ0v) is 24.4. The van der Waals surface area contributed by atoms with E-state index in [0.717, 1.165) is 6.54 Å². The summed E-state index contributed by atoms with van der Waals surface area (Å²) >= 11 is 0. The maximum absolute atomic E-state index is 14.7. The number of piperazine rings is 1. The fourth-order valence-electron chi connectivity index (χ4n) is 4.58. The third-order valence-electron chi connectivity index (χ3n) is 6.85. The van der Waals surface area contributed by atoms with E-state index < -0.39 is 11.7 Å². The van der Waals surface area contributed by atoms with Gasteiger partial charge in [-0.25, -0.2) is 9.49 Å². The molecule has 1 aromatic heterocycles. The second-order valence-electron chi connectivity index (χ2n) is 9.66. The fourth-order valence-corrected chi connectivity index (χ4v) is 4.58. The number of H-pyrrole nitrogens is 1. The molecular formula is C30H41FN6O4. The van der Waals surface area contributed by atoms with Gasteiger partial charge in [-0.3, -0.25) is 19.3 Å². The Morgan fingerprint density at radius 3 is 2.44 bits per heavy atom. The normalized spacial score (nSPS) is 13.3. The Morgan fingerprint density at radius 2 is 1.73 bits per heavy atom. The number of hydrogen-bond acceptors (Lipinski definition) is 7. The van der Waals surface area contributed by atoms with Crippen LogP contribution in [0, 0.1) is 5.82 Å². The van der Waals surface area contributed by atoms with Crippen LogP contribution in [0.25, 0.3) is 10.8 Å². The second kappa shape index (κ2) is 15.9. The lowest BCUT2D eigenvalue weighted by Gasteiger charge is -2.35. The second-order valence-corrected chi connectivity index (χ2v) is 9.66. The minimum Gasteiger partial charge on any atom is -0.379 e. The lowest BCUT2D eigenvalue weighted by Crippen LogP contribution is -2.52. The molecule has 2 N–H and O–H groups in total. The summed E-state index contributed by atoms with van der Waals surface area (Å²) in [5.74, 6) is -1.01. The predicted molar refractivity (Wildman–Crippen MR) is 158 cm³/mol. The van der Waals surface area contributed by atoms with Crippen LogP contribution in [0.4, 0.5) is 4.39 Å². The molecule has 0 bridgehead atoms. The molecule has 222 valence electrons. The summed E-state index contributed by atoms with van der Waals surface area (Å²) in [6.07, 6.45) is 0.328. The van der Waals surface area contributed by atoms with Gasteiger partial charge in [0.2, 0.25) is 5.91 Å². The maximum atomic E-state index is 14.7. The number of benzene rings is 2. The van der Waals surface area contributed by atoms with Crippen LogP contribution in [0.2, 0.25) is 0 Å². The molecule has 1 saturated heterocycles. The molecule has 1 aliphatic rings. The van der Waals surface area contributed by atoms with Gasteiger partial charge in [-0.15, -0.1) is 0 Å². The molecule has 41 heavy (non-hydrogen) atoms. The zero-order valence-electron chi connectivity index (χ0n) is 24.4. The van der Waals surface area contributed by atoms with Crippen LogP contribution in [0.15, 0.2) is 47.3 Å². The van der Waals surface area contributed by atoms with Crippen molar-refractivity contribution in [3.05, 3.63) is 75.5 Å². The summed E-state index contributed by atoms with van der Waals surface area (Å²) < 4.78 is 20.3. The Hall–Kier alpha value is -3.67. The van der Waals surface area contributed by atoms with Gasteiger partial charge in [-0.2, -0.15) is 5.10 Å². The quantitative estimate of drug-likeness (QED) is 0.341. The number of hydrogen-bond donors (Lipinski definition) is 2. The molecular weight excluding hydrogens is 527 g/mol. The molecule has 2 aromatic carbocycles. The van der Waals surface area contributed by atoms with E-state index in [1.165, 1.54) is 6.07 Å². The van der Waals surface area contributed by atoms with Crippen molar-refractivity contribution in [3.8, 4) is 0 Å². The van der Waals surface area contributed by atoms with Crippen molar-refractivity contribution in [2.75, 3.05) is 73.1 Å². The third kappa shape index (κ3) is 8.66. The van der Waals surface area contributed by atoms with Gasteiger partial charge in [-0.1, -0.05) is 38.1 Å². The largest absolute Gasteiger partial charge is 0.379 e. The number of nitrogens with one attached hydrogen (secondary N) is 2. The number of carbonyl (C=O) groups excluding carboxylic acids is 2. The minimum atomic E-state index is -0.597. The SMILES string of the molecule is CC.CNCCOCCN(C)CC(=O)N1CCN(C(=O)c2cc(Cc3n[nH]c(=O)c4ccccc34)ccc2F)CC1. The number of nitrogens with zero attached hydrogens (tertiary/aromatic N) is 4. The summed E-state index contributed by atoms with van der Waals surface area (Å²) in [6.45, 7) is 8.32. The molecule has 2 heterocycles. The van der Waals surface area contributed by atoms with Crippen LogP contribution in [0.3, 0.4) is 0 Å². The molecule has 0 saturated carbocycles. The number of rotatable bonds is 11. The average molecular weight is 569 g/mol. The van der Waals surface area contributed by atoms with E-state index in [0.29, 0.717) is 74.4 Å². The monoisotopic (exact) mass is 568 g/mol. The lowest BCUT2D eigenvalue weighted by atomic mass is 10.0. The van der Waals surface area contributed by atoms with Gasteiger partial charge in [0.25, 0.3) is 11.5 Å². The summed E-state index contributed by atoms with van der Waals surface area (Å²) in [5.41, 5.74) is 1.05. The van der Waals surface area contributed by atoms with Crippen molar-refractivity contribution in [2.45, 2.75) is 20.3 Å². The van der Waals surface area contributed by atoms with E-state index in [-0.39, 0.29) is 23.6 Å². The van der Waals surface area contributed by atoms with Crippen molar-refractivity contribution in [2.24, 2.45) is 0 Å². The molecule has 0 aliphatic carbocycles. The van der Waals surface area contributed by atoms with Crippen LogP contribution >= 0.6 is 0 Å². The van der Waals surface area contributed by atoms with Crippen molar-refractivity contribution >= 4 is 22.6 Å². The van der Waals surface area contributed by atoms with Crippen LogP contribution in [0.1, 0.15) is 35.5 Å². The van der Waals surface area contributed by atoms with E-state index >= 15 is 0 Å². The molecule has 4 rings (SSSR count).